The van der Waals surface area contributed by atoms with E-state index in [2.05, 4.69) is 68.8 Å². The number of pyridine rings is 1. The average molecular weight is 302 g/mol. The van der Waals surface area contributed by atoms with Crippen molar-refractivity contribution in [2.75, 3.05) is 0 Å². The summed E-state index contributed by atoms with van der Waals surface area (Å²) < 4.78 is 2.35. The maximum atomic E-state index is 2.45. The van der Waals surface area contributed by atoms with Gasteiger partial charge < -0.3 is 0 Å². The van der Waals surface area contributed by atoms with Crippen LogP contribution < -0.4 is 4.57 Å². The van der Waals surface area contributed by atoms with Crippen LogP contribution in [0.2, 0.25) is 0 Å². The Morgan fingerprint density at radius 2 is 1.61 bits per heavy atom. The lowest BCUT2D eigenvalue weighted by atomic mass is 9.94. The highest BCUT2D eigenvalue weighted by molar-refractivity contribution is 5.94. The lowest BCUT2D eigenvalue weighted by Gasteiger charge is -2.12. The molecule has 0 saturated heterocycles. The number of benzene rings is 2. The zero-order chi connectivity index (χ0) is 16.1. The Morgan fingerprint density at radius 3 is 2.39 bits per heavy atom. The summed E-state index contributed by atoms with van der Waals surface area (Å²) in [6.45, 7) is 6.63. The van der Waals surface area contributed by atoms with Crippen molar-refractivity contribution in [1.29, 1.82) is 0 Å². The number of rotatable bonds is 1. The summed E-state index contributed by atoms with van der Waals surface area (Å²) in [4.78, 5) is 0. The molecule has 0 amide bonds. The summed E-state index contributed by atoms with van der Waals surface area (Å²) in [5.74, 6) is 0. The molecule has 1 heterocycles. The van der Waals surface area contributed by atoms with Gasteiger partial charge in [0.15, 0.2) is 5.69 Å². The van der Waals surface area contributed by atoms with Crippen molar-refractivity contribution >= 4 is 10.8 Å². The summed E-state index contributed by atoms with van der Waals surface area (Å²) in [6, 6.07) is 14.0. The Morgan fingerprint density at radius 1 is 0.870 bits per heavy atom. The molecule has 23 heavy (non-hydrogen) atoms. The minimum atomic E-state index is 1.23. The van der Waals surface area contributed by atoms with Gasteiger partial charge >= 0.3 is 0 Å². The highest BCUT2D eigenvalue weighted by Gasteiger charge is 2.22. The zero-order valence-electron chi connectivity index (χ0n) is 14.5. The normalized spacial score (nSPS) is 13.6. The molecule has 3 aromatic rings. The van der Waals surface area contributed by atoms with E-state index >= 15 is 0 Å². The predicted molar refractivity (Wildman–Crippen MR) is 96.8 cm³/mol. The third-order valence-electron chi connectivity index (χ3n) is 5.38. The van der Waals surface area contributed by atoms with Crippen LogP contribution in [0.3, 0.4) is 0 Å². The highest BCUT2D eigenvalue weighted by Crippen LogP contribution is 2.33. The Balaban J connectivity index is 2.08. The summed E-state index contributed by atoms with van der Waals surface area (Å²) in [7, 11) is 2.19. The van der Waals surface area contributed by atoms with Crippen LogP contribution in [0, 0.1) is 20.8 Å². The number of fused-ring (bicyclic) bond motifs is 2. The van der Waals surface area contributed by atoms with E-state index in [4.69, 9.17) is 0 Å². The quantitative estimate of drug-likeness (QED) is 0.571. The van der Waals surface area contributed by atoms with Crippen LogP contribution >= 0.6 is 0 Å². The van der Waals surface area contributed by atoms with Gasteiger partial charge in [-0.15, -0.1) is 0 Å². The molecule has 1 nitrogen and oxygen atoms in total. The average Bonchev–Trinajstić information content (AvgIpc) is 2.95. The molecule has 0 spiro atoms. The van der Waals surface area contributed by atoms with Crippen LogP contribution in [-0.4, -0.2) is 0 Å². The van der Waals surface area contributed by atoms with Gasteiger partial charge in [-0.05, 0) is 67.3 Å². The molecular formula is C22H24N+. The molecule has 4 rings (SSSR count). The first-order chi connectivity index (χ1) is 11.0. The number of aromatic nitrogens is 1. The van der Waals surface area contributed by atoms with Gasteiger partial charge in [-0.2, -0.15) is 4.57 Å². The second kappa shape index (κ2) is 5.19. The number of hydrogen-bond acceptors (Lipinski definition) is 0. The number of aryl methyl sites for hydroxylation is 5. The van der Waals surface area contributed by atoms with Crippen LogP contribution in [-0.2, 0) is 19.9 Å². The van der Waals surface area contributed by atoms with Gasteiger partial charge in [0.1, 0.15) is 7.05 Å². The molecular weight excluding hydrogens is 278 g/mol. The van der Waals surface area contributed by atoms with Crippen LogP contribution in [0.5, 0.6) is 0 Å². The Kier molecular flexibility index (Phi) is 3.26. The second-order valence-electron chi connectivity index (χ2n) is 7.07. The number of hydrogen-bond donors (Lipinski definition) is 0. The number of nitrogens with zero attached hydrogens (tertiary/aromatic N) is 1. The van der Waals surface area contributed by atoms with Gasteiger partial charge in [0.05, 0.1) is 10.9 Å². The maximum absolute atomic E-state index is 2.45. The summed E-state index contributed by atoms with van der Waals surface area (Å²) >= 11 is 0. The van der Waals surface area contributed by atoms with Crippen molar-refractivity contribution in [2.45, 2.75) is 40.0 Å². The summed E-state index contributed by atoms with van der Waals surface area (Å²) in [5, 5.41) is 2.69. The van der Waals surface area contributed by atoms with E-state index in [1.807, 2.05) is 0 Å². The topological polar surface area (TPSA) is 3.88 Å². The minimum absolute atomic E-state index is 1.23. The molecule has 116 valence electrons. The Labute approximate surface area is 138 Å². The first-order valence-electron chi connectivity index (χ1n) is 8.57. The predicted octanol–water partition coefficient (Wildman–Crippen LogP) is 4.75. The van der Waals surface area contributed by atoms with Crippen molar-refractivity contribution in [3.05, 3.63) is 64.3 Å². The van der Waals surface area contributed by atoms with E-state index in [-0.39, 0.29) is 0 Å². The molecule has 1 aliphatic carbocycles. The summed E-state index contributed by atoms with van der Waals surface area (Å²) in [6.07, 6.45) is 3.78. The Bertz CT molecular complexity index is 935. The molecule has 0 fully saturated rings. The minimum Gasteiger partial charge on any atom is -0.198 e. The van der Waals surface area contributed by atoms with Crippen molar-refractivity contribution in [1.82, 2.24) is 0 Å². The largest absolute Gasteiger partial charge is 0.220 e. The van der Waals surface area contributed by atoms with Gasteiger partial charge in [-0.25, -0.2) is 0 Å². The third-order valence-corrected chi connectivity index (χ3v) is 5.38. The van der Waals surface area contributed by atoms with Gasteiger partial charge in [-0.3, -0.25) is 0 Å². The van der Waals surface area contributed by atoms with E-state index in [0.29, 0.717) is 0 Å². The molecule has 0 atom stereocenters. The van der Waals surface area contributed by atoms with E-state index in [9.17, 15) is 0 Å². The Hall–Kier alpha value is -2.15. The maximum Gasteiger partial charge on any atom is 0.220 e. The molecule has 1 aliphatic rings. The van der Waals surface area contributed by atoms with E-state index in [1.54, 1.807) is 11.1 Å². The molecule has 0 aliphatic heterocycles. The van der Waals surface area contributed by atoms with Crippen molar-refractivity contribution in [2.24, 2.45) is 7.05 Å². The molecule has 0 N–H and O–H groups in total. The molecule has 0 saturated carbocycles. The fraction of sp³-hybridized carbons (Fsp3) is 0.318. The lowest BCUT2D eigenvalue weighted by Crippen LogP contribution is -2.35. The zero-order valence-corrected chi connectivity index (χ0v) is 14.5. The fourth-order valence-electron chi connectivity index (χ4n) is 4.02. The third kappa shape index (κ3) is 2.26. The summed E-state index contributed by atoms with van der Waals surface area (Å²) in [5.41, 5.74) is 9.88. The second-order valence-corrected chi connectivity index (χ2v) is 7.07. The standard InChI is InChI=1S/C22H24N/c1-14-8-9-20-19(10-14)12-16(3)23(4)22(20)21-13-18-7-5-6-17(18)11-15(21)2/h8-13H,5-7H2,1-4H3/q+1. The molecule has 1 aromatic heterocycles. The van der Waals surface area contributed by atoms with Crippen LogP contribution in [0.4, 0.5) is 0 Å². The van der Waals surface area contributed by atoms with Crippen LogP contribution in [0.15, 0.2) is 36.4 Å². The van der Waals surface area contributed by atoms with Crippen molar-refractivity contribution in [3.63, 3.8) is 0 Å². The lowest BCUT2D eigenvalue weighted by molar-refractivity contribution is -0.665. The van der Waals surface area contributed by atoms with E-state index in [1.165, 1.54) is 58.1 Å². The van der Waals surface area contributed by atoms with Crippen LogP contribution in [0.1, 0.15) is 34.4 Å². The van der Waals surface area contributed by atoms with Crippen molar-refractivity contribution < 1.29 is 4.57 Å². The first kappa shape index (κ1) is 14.4. The molecule has 0 unspecified atom stereocenters. The molecule has 1 heteroatoms. The first-order valence-corrected chi connectivity index (χ1v) is 8.57. The van der Waals surface area contributed by atoms with Crippen LogP contribution in [0.25, 0.3) is 22.0 Å². The van der Waals surface area contributed by atoms with E-state index in [0.717, 1.165) is 0 Å². The molecule has 0 radical (unpaired) electrons. The van der Waals surface area contributed by atoms with Gasteiger partial charge in [-0.1, -0.05) is 23.8 Å². The smallest absolute Gasteiger partial charge is 0.198 e. The van der Waals surface area contributed by atoms with Gasteiger partial charge in [0.2, 0.25) is 5.69 Å². The SMILES string of the molecule is Cc1ccc2c(-c3cc4c(cc3C)CCC4)[n+](C)c(C)cc2c1. The van der Waals surface area contributed by atoms with Gasteiger partial charge in [0, 0.05) is 13.0 Å². The molecule has 2 aromatic carbocycles. The van der Waals surface area contributed by atoms with E-state index < -0.39 is 0 Å². The van der Waals surface area contributed by atoms with Crippen molar-refractivity contribution in [3.8, 4) is 11.3 Å². The monoisotopic (exact) mass is 302 g/mol. The fourth-order valence-corrected chi connectivity index (χ4v) is 4.02. The highest BCUT2D eigenvalue weighted by atomic mass is 14.9. The molecule has 0 bridgehead atoms. The van der Waals surface area contributed by atoms with Gasteiger partial charge in [0.25, 0.3) is 0 Å².